The van der Waals surface area contributed by atoms with E-state index in [1.807, 2.05) is 0 Å². The fourth-order valence-electron chi connectivity index (χ4n) is 3.19. The molecular weight excluding hydrogens is 230 g/mol. The Morgan fingerprint density at radius 2 is 1.74 bits per heavy atom. The van der Waals surface area contributed by atoms with Gasteiger partial charge in [-0.25, -0.2) is 0 Å². The minimum absolute atomic E-state index is 0.564. The van der Waals surface area contributed by atoms with E-state index in [1.165, 1.54) is 31.2 Å². The maximum Gasteiger partial charge on any atom is 0.0325 e. The van der Waals surface area contributed by atoms with Gasteiger partial charge in [0.15, 0.2) is 0 Å². The normalized spacial score (nSPS) is 24.3. The molecular formula is C18H29N. The molecule has 0 bridgehead atoms. The zero-order valence-electron chi connectivity index (χ0n) is 12.9. The van der Waals surface area contributed by atoms with Gasteiger partial charge in [-0.15, -0.1) is 0 Å². The molecule has 3 atom stereocenters. The highest BCUT2D eigenvalue weighted by atomic mass is 14.9. The van der Waals surface area contributed by atoms with Crippen LogP contribution < -0.4 is 5.32 Å². The minimum atomic E-state index is 0.564. The SMILES string of the molecule is CC(C)CCC(C)NC1CCC(C)c2ccccc21. The monoisotopic (exact) mass is 259 g/mol. The average Bonchev–Trinajstić information content (AvgIpc) is 2.40. The predicted molar refractivity (Wildman–Crippen MR) is 83.5 cm³/mol. The van der Waals surface area contributed by atoms with Crippen LogP contribution in [0.15, 0.2) is 24.3 Å². The average molecular weight is 259 g/mol. The Bertz CT molecular complexity index is 396. The highest BCUT2D eigenvalue weighted by Gasteiger charge is 2.24. The predicted octanol–water partition coefficient (Wildman–Crippen LogP) is 5.04. The van der Waals surface area contributed by atoms with Crippen molar-refractivity contribution in [2.24, 2.45) is 5.92 Å². The molecule has 0 radical (unpaired) electrons. The molecule has 19 heavy (non-hydrogen) atoms. The number of rotatable bonds is 5. The quantitative estimate of drug-likeness (QED) is 0.781. The fourth-order valence-corrected chi connectivity index (χ4v) is 3.19. The van der Waals surface area contributed by atoms with E-state index in [9.17, 15) is 0 Å². The summed E-state index contributed by atoms with van der Waals surface area (Å²) in [6.45, 7) is 9.31. The zero-order valence-corrected chi connectivity index (χ0v) is 12.9. The van der Waals surface area contributed by atoms with Crippen LogP contribution in [0.3, 0.4) is 0 Å². The molecule has 3 unspecified atom stereocenters. The first kappa shape index (κ1) is 14.6. The molecule has 106 valence electrons. The van der Waals surface area contributed by atoms with E-state index >= 15 is 0 Å². The number of hydrogen-bond donors (Lipinski definition) is 1. The summed E-state index contributed by atoms with van der Waals surface area (Å²) in [5, 5.41) is 3.85. The highest BCUT2D eigenvalue weighted by molar-refractivity contribution is 5.34. The van der Waals surface area contributed by atoms with Crippen LogP contribution >= 0.6 is 0 Å². The van der Waals surface area contributed by atoms with Gasteiger partial charge < -0.3 is 5.32 Å². The van der Waals surface area contributed by atoms with E-state index < -0.39 is 0 Å². The molecule has 0 fully saturated rings. The summed E-state index contributed by atoms with van der Waals surface area (Å²) >= 11 is 0. The van der Waals surface area contributed by atoms with Crippen molar-refractivity contribution in [3.05, 3.63) is 35.4 Å². The van der Waals surface area contributed by atoms with Crippen LogP contribution in [0.1, 0.15) is 76.5 Å². The maximum absolute atomic E-state index is 3.85. The van der Waals surface area contributed by atoms with E-state index in [4.69, 9.17) is 0 Å². The largest absolute Gasteiger partial charge is 0.307 e. The smallest absolute Gasteiger partial charge is 0.0325 e. The fraction of sp³-hybridized carbons (Fsp3) is 0.667. The summed E-state index contributed by atoms with van der Waals surface area (Å²) in [7, 11) is 0. The lowest BCUT2D eigenvalue weighted by Gasteiger charge is -2.32. The second-order valence-corrected chi connectivity index (χ2v) is 6.70. The van der Waals surface area contributed by atoms with Crippen LogP contribution in [-0.4, -0.2) is 6.04 Å². The Morgan fingerprint density at radius 3 is 2.42 bits per heavy atom. The Labute approximate surface area is 118 Å². The van der Waals surface area contributed by atoms with Crippen molar-refractivity contribution < 1.29 is 0 Å². The first-order valence-corrected chi connectivity index (χ1v) is 7.92. The Hall–Kier alpha value is -0.820. The molecule has 0 amide bonds. The molecule has 1 heteroatoms. The molecule has 1 aliphatic rings. The van der Waals surface area contributed by atoms with Crippen molar-refractivity contribution >= 4 is 0 Å². The summed E-state index contributed by atoms with van der Waals surface area (Å²) in [5.74, 6) is 1.53. The van der Waals surface area contributed by atoms with Crippen molar-refractivity contribution in [2.75, 3.05) is 0 Å². The molecule has 0 aromatic heterocycles. The Morgan fingerprint density at radius 1 is 1.05 bits per heavy atom. The van der Waals surface area contributed by atoms with Crippen molar-refractivity contribution in [3.8, 4) is 0 Å². The zero-order chi connectivity index (χ0) is 13.8. The van der Waals surface area contributed by atoms with Crippen LogP contribution in [0.2, 0.25) is 0 Å². The molecule has 0 saturated heterocycles. The van der Waals surface area contributed by atoms with Gasteiger partial charge in [0.2, 0.25) is 0 Å². The molecule has 0 saturated carbocycles. The van der Waals surface area contributed by atoms with Crippen molar-refractivity contribution in [2.45, 2.75) is 71.4 Å². The second-order valence-electron chi connectivity index (χ2n) is 6.70. The summed E-state index contributed by atoms with van der Waals surface area (Å²) in [6.07, 6.45) is 5.20. The summed E-state index contributed by atoms with van der Waals surface area (Å²) < 4.78 is 0. The number of nitrogens with one attached hydrogen (secondary N) is 1. The van der Waals surface area contributed by atoms with Crippen LogP contribution in [0, 0.1) is 5.92 Å². The van der Waals surface area contributed by atoms with Gasteiger partial charge in [0.1, 0.15) is 0 Å². The highest BCUT2D eigenvalue weighted by Crippen LogP contribution is 2.37. The van der Waals surface area contributed by atoms with Crippen molar-refractivity contribution in [3.63, 3.8) is 0 Å². The van der Waals surface area contributed by atoms with Crippen LogP contribution in [0.4, 0.5) is 0 Å². The van der Waals surface area contributed by atoms with E-state index in [0.29, 0.717) is 12.1 Å². The van der Waals surface area contributed by atoms with Crippen LogP contribution in [-0.2, 0) is 0 Å². The molecule has 1 N–H and O–H groups in total. The maximum atomic E-state index is 3.85. The number of hydrogen-bond acceptors (Lipinski definition) is 1. The van der Waals surface area contributed by atoms with E-state index in [1.54, 1.807) is 5.56 Å². The second kappa shape index (κ2) is 6.56. The molecule has 1 aromatic carbocycles. The van der Waals surface area contributed by atoms with Gasteiger partial charge in [-0.3, -0.25) is 0 Å². The topological polar surface area (TPSA) is 12.0 Å². The standard InChI is InChI=1S/C18H29N/c1-13(2)9-11-15(4)19-18-12-10-14(3)16-7-5-6-8-17(16)18/h5-8,13-15,18-19H,9-12H2,1-4H3. The summed E-state index contributed by atoms with van der Waals surface area (Å²) in [4.78, 5) is 0. The van der Waals surface area contributed by atoms with Gasteiger partial charge in [0, 0.05) is 12.1 Å². The molecule has 1 aromatic rings. The van der Waals surface area contributed by atoms with Gasteiger partial charge in [0.25, 0.3) is 0 Å². The lowest BCUT2D eigenvalue weighted by atomic mass is 9.81. The van der Waals surface area contributed by atoms with E-state index in [-0.39, 0.29) is 0 Å². The van der Waals surface area contributed by atoms with E-state index in [2.05, 4.69) is 57.3 Å². The molecule has 1 aliphatic carbocycles. The lowest BCUT2D eigenvalue weighted by molar-refractivity contribution is 0.364. The van der Waals surface area contributed by atoms with Gasteiger partial charge in [-0.1, -0.05) is 45.0 Å². The number of fused-ring (bicyclic) bond motifs is 1. The third-order valence-corrected chi connectivity index (χ3v) is 4.45. The molecule has 0 aliphatic heterocycles. The van der Waals surface area contributed by atoms with Crippen LogP contribution in [0.5, 0.6) is 0 Å². The van der Waals surface area contributed by atoms with Crippen LogP contribution in [0.25, 0.3) is 0 Å². The Balaban J connectivity index is 2.00. The van der Waals surface area contributed by atoms with Gasteiger partial charge in [0.05, 0.1) is 0 Å². The van der Waals surface area contributed by atoms with E-state index in [0.717, 1.165) is 11.8 Å². The Kier molecular flexibility index (Phi) is 5.04. The van der Waals surface area contributed by atoms with Gasteiger partial charge >= 0.3 is 0 Å². The van der Waals surface area contributed by atoms with Gasteiger partial charge in [-0.2, -0.15) is 0 Å². The first-order chi connectivity index (χ1) is 9.08. The third-order valence-electron chi connectivity index (χ3n) is 4.45. The van der Waals surface area contributed by atoms with Crippen molar-refractivity contribution in [1.82, 2.24) is 5.32 Å². The molecule has 0 heterocycles. The number of benzene rings is 1. The molecule has 2 rings (SSSR count). The molecule has 1 nitrogen and oxygen atoms in total. The third kappa shape index (κ3) is 3.82. The van der Waals surface area contributed by atoms with Crippen molar-refractivity contribution in [1.29, 1.82) is 0 Å². The summed E-state index contributed by atoms with van der Waals surface area (Å²) in [5.41, 5.74) is 3.10. The van der Waals surface area contributed by atoms with Gasteiger partial charge in [-0.05, 0) is 55.6 Å². The lowest BCUT2D eigenvalue weighted by Crippen LogP contribution is -2.33. The first-order valence-electron chi connectivity index (χ1n) is 7.92. The molecule has 0 spiro atoms. The summed E-state index contributed by atoms with van der Waals surface area (Å²) in [6, 6.07) is 10.2. The minimum Gasteiger partial charge on any atom is -0.307 e.